The molecule has 3 N–H and O–H groups in total. The van der Waals surface area contributed by atoms with Gasteiger partial charge in [-0.1, -0.05) is 72.8 Å². The van der Waals surface area contributed by atoms with Crippen LogP contribution in [-0.2, 0) is 10.2 Å². The second-order valence-electron chi connectivity index (χ2n) is 7.15. The second kappa shape index (κ2) is 7.28. The van der Waals surface area contributed by atoms with E-state index in [2.05, 4.69) is 35.6 Å². The first-order valence-electron chi connectivity index (χ1n) is 9.47. The van der Waals surface area contributed by atoms with Gasteiger partial charge in [0.05, 0.1) is 11.3 Å². The highest BCUT2D eigenvalue weighted by Gasteiger charge is 2.47. The van der Waals surface area contributed by atoms with E-state index in [1.807, 2.05) is 54.6 Å². The summed E-state index contributed by atoms with van der Waals surface area (Å²) in [4.78, 5) is 13.1. The summed E-state index contributed by atoms with van der Waals surface area (Å²) in [7, 11) is 0. The molecule has 4 rings (SSSR count). The van der Waals surface area contributed by atoms with Crippen molar-refractivity contribution in [3.05, 3.63) is 102 Å². The minimum Gasteiger partial charge on any atom is -0.399 e. The summed E-state index contributed by atoms with van der Waals surface area (Å²) in [5.74, 6) is -0.0887. The topological polar surface area (TPSA) is 55.1 Å². The maximum atomic E-state index is 13.1. The van der Waals surface area contributed by atoms with Gasteiger partial charge in [-0.15, -0.1) is 0 Å². The molecule has 1 aliphatic heterocycles. The fraction of sp³-hybridized carbons (Fsp3) is 0.208. The minimum atomic E-state index is -0.581. The Morgan fingerprint density at radius 1 is 0.815 bits per heavy atom. The van der Waals surface area contributed by atoms with Crippen LogP contribution in [0.15, 0.2) is 84.9 Å². The van der Waals surface area contributed by atoms with Crippen molar-refractivity contribution in [2.75, 3.05) is 12.3 Å². The Hall–Kier alpha value is -3.07. The van der Waals surface area contributed by atoms with Crippen LogP contribution in [0.1, 0.15) is 29.5 Å². The molecule has 3 heteroatoms. The third kappa shape index (κ3) is 2.99. The molecule has 27 heavy (non-hydrogen) atoms. The summed E-state index contributed by atoms with van der Waals surface area (Å²) in [6.45, 7) is 0.742. The molecular weight excluding hydrogens is 332 g/mol. The number of piperidine rings is 1. The monoisotopic (exact) mass is 356 g/mol. The van der Waals surface area contributed by atoms with E-state index in [4.69, 9.17) is 5.73 Å². The molecule has 0 bridgehead atoms. The van der Waals surface area contributed by atoms with Crippen LogP contribution in [0.4, 0.5) is 5.69 Å². The number of anilines is 1. The Labute approximate surface area is 160 Å². The van der Waals surface area contributed by atoms with Gasteiger partial charge < -0.3 is 11.1 Å². The maximum Gasteiger partial charge on any atom is 0.224 e. The molecule has 1 atom stereocenters. The van der Waals surface area contributed by atoms with Crippen LogP contribution in [0.5, 0.6) is 0 Å². The summed E-state index contributed by atoms with van der Waals surface area (Å²) >= 11 is 0. The second-order valence-corrected chi connectivity index (χ2v) is 7.15. The van der Waals surface area contributed by atoms with Crippen LogP contribution in [0.2, 0.25) is 0 Å². The zero-order chi connectivity index (χ0) is 18.7. The molecule has 1 amide bonds. The zero-order valence-electron chi connectivity index (χ0n) is 15.3. The van der Waals surface area contributed by atoms with E-state index in [1.54, 1.807) is 0 Å². The molecule has 0 radical (unpaired) electrons. The molecular formula is C24H24N2O. The van der Waals surface area contributed by atoms with Crippen molar-refractivity contribution in [3.8, 4) is 0 Å². The third-order valence-electron chi connectivity index (χ3n) is 5.61. The van der Waals surface area contributed by atoms with Gasteiger partial charge in [-0.2, -0.15) is 0 Å². The lowest BCUT2D eigenvalue weighted by atomic mass is 9.59. The SMILES string of the molecule is Nc1cccc(C(c2ccccc2)(c2ccccc2)[C@H]2CCCNC2=O)c1. The fourth-order valence-corrected chi connectivity index (χ4v) is 4.47. The van der Waals surface area contributed by atoms with Gasteiger partial charge in [0.1, 0.15) is 0 Å². The predicted octanol–water partition coefficient (Wildman–Crippen LogP) is 4.13. The molecule has 1 aliphatic rings. The molecule has 0 unspecified atom stereocenters. The first-order valence-corrected chi connectivity index (χ1v) is 9.47. The number of amides is 1. The molecule has 3 nitrogen and oxygen atoms in total. The third-order valence-corrected chi connectivity index (χ3v) is 5.61. The van der Waals surface area contributed by atoms with Crippen LogP contribution in [0.25, 0.3) is 0 Å². The van der Waals surface area contributed by atoms with Gasteiger partial charge in [0.2, 0.25) is 5.91 Å². The van der Waals surface area contributed by atoms with Crippen molar-refractivity contribution in [3.63, 3.8) is 0 Å². The van der Waals surface area contributed by atoms with Gasteiger partial charge in [-0.05, 0) is 41.7 Å². The normalized spacial score (nSPS) is 17.3. The molecule has 0 aromatic heterocycles. The molecule has 0 saturated carbocycles. The number of nitrogens with two attached hydrogens (primary N) is 1. The largest absolute Gasteiger partial charge is 0.399 e. The molecule has 136 valence electrons. The number of benzene rings is 3. The highest BCUT2D eigenvalue weighted by Crippen LogP contribution is 2.48. The van der Waals surface area contributed by atoms with Crippen molar-refractivity contribution < 1.29 is 4.79 Å². The molecule has 0 spiro atoms. The average Bonchev–Trinajstić information content (AvgIpc) is 2.72. The zero-order valence-corrected chi connectivity index (χ0v) is 15.3. The van der Waals surface area contributed by atoms with Crippen LogP contribution >= 0.6 is 0 Å². The smallest absolute Gasteiger partial charge is 0.224 e. The average molecular weight is 356 g/mol. The highest BCUT2D eigenvalue weighted by molar-refractivity contribution is 5.83. The Bertz CT molecular complexity index is 882. The van der Waals surface area contributed by atoms with E-state index in [-0.39, 0.29) is 11.8 Å². The lowest BCUT2D eigenvalue weighted by molar-refractivity contribution is -0.128. The Balaban J connectivity index is 2.07. The number of nitrogen functional groups attached to an aromatic ring is 1. The molecule has 1 saturated heterocycles. The van der Waals surface area contributed by atoms with E-state index in [0.717, 1.165) is 36.1 Å². The lowest BCUT2D eigenvalue weighted by Crippen LogP contribution is -2.49. The van der Waals surface area contributed by atoms with Crippen molar-refractivity contribution in [2.45, 2.75) is 18.3 Å². The van der Waals surface area contributed by atoms with Crippen molar-refractivity contribution in [1.29, 1.82) is 0 Å². The van der Waals surface area contributed by atoms with Gasteiger partial charge >= 0.3 is 0 Å². The van der Waals surface area contributed by atoms with E-state index >= 15 is 0 Å². The first kappa shape index (κ1) is 17.3. The number of hydrogen-bond donors (Lipinski definition) is 2. The summed E-state index contributed by atoms with van der Waals surface area (Å²) < 4.78 is 0. The van der Waals surface area contributed by atoms with Crippen LogP contribution in [0, 0.1) is 5.92 Å². The summed E-state index contributed by atoms with van der Waals surface area (Å²) in [5, 5.41) is 3.09. The Morgan fingerprint density at radius 3 is 1.96 bits per heavy atom. The molecule has 0 aliphatic carbocycles. The van der Waals surface area contributed by atoms with Crippen molar-refractivity contribution >= 4 is 11.6 Å². The molecule has 1 heterocycles. The van der Waals surface area contributed by atoms with Gasteiger partial charge in [-0.25, -0.2) is 0 Å². The van der Waals surface area contributed by atoms with Crippen molar-refractivity contribution in [1.82, 2.24) is 5.32 Å². The number of hydrogen-bond acceptors (Lipinski definition) is 2. The Kier molecular flexibility index (Phi) is 4.68. The number of nitrogens with one attached hydrogen (secondary N) is 1. The van der Waals surface area contributed by atoms with E-state index in [1.165, 1.54) is 0 Å². The summed E-state index contributed by atoms with van der Waals surface area (Å²) in [6, 6.07) is 28.7. The Morgan fingerprint density at radius 2 is 1.41 bits per heavy atom. The molecule has 3 aromatic carbocycles. The number of carbonyl (C=O) groups is 1. The summed E-state index contributed by atoms with van der Waals surface area (Å²) in [5.41, 5.74) is 9.59. The highest BCUT2D eigenvalue weighted by atomic mass is 16.2. The van der Waals surface area contributed by atoms with Gasteiger partial charge in [0, 0.05) is 12.2 Å². The predicted molar refractivity (Wildman–Crippen MR) is 109 cm³/mol. The minimum absolute atomic E-state index is 0.108. The van der Waals surface area contributed by atoms with E-state index < -0.39 is 5.41 Å². The van der Waals surface area contributed by atoms with Gasteiger partial charge in [0.25, 0.3) is 0 Å². The van der Waals surface area contributed by atoms with Gasteiger partial charge in [-0.3, -0.25) is 4.79 Å². The van der Waals surface area contributed by atoms with E-state index in [9.17, 15) is 4.79 Å². The lowest BCUT2D eigenvalue weighted by Gasteiger charge is -2.43. The maximum absolute atomic E-state index is 13.1. The number of rotatable bonds is 4. The fourth-order valence-electron chi connectivity index (χ4n) is 4.47. The number of carbonyl (C=O) groups excluding carboxylic acids is 1. The molecule has 3 aromatic rings. The first-order chi connectivity index (χ1) is 13.2. The van der Waals surface area contributed by atoms with Crippen molar-refractivity contribution in [2.24, 2.45) is 5.92 Å². The van der Waals surface area contributed by atoms with E-state index in [0.29, 0.717) is 5.69 Å². The summed E-state index contributed by atoms with van der Waals surface area (Å²) in [6.07, 6.45) is 1.81. The van der Waals surface area contributed by atoms with Gasteiger partial charge in [0.15, 0.2) is 0 Å². The van der Waals surface area contributed by atoms with Crippen LogP contribution in [0.3, 0.4) is 0 Å². The van der Waals surface area contributed by atoms with Crippen LogP contribution in [-0.4, -0.2) is 12.5 Å². The van der Waals surface area contributed by atoms with Crippen LogP contribution < -0.4 is 11.1 Å². The quantitative estimate of drug-likeness (QED) is 0.545. The standard InChI is InChI=1S/C24H24N2O/c25-21-14-7-13-20(17-21)24(18-9-3-1-4-10-18,19-11-5-2-6-12-19)22-15-8-16-26-23(22)27/h1-7,9-14,17,22H,8,15-16,25H2,(H,26,27)/t22-/m0/s1. The molecule has 1 fully saturated rings.